The Morgan fingerprint density at radius 3 is 2.37 bits per heavy atom. The first kappa shape index (κ1) is 27.0. The monoisotopic (exact) mass is 514 g/mol. The normalized spacial score (nSPS) is 23.5. The van der Waals surface area contributed by atoms with Crippen LogP contribution in [0.5, 0.6) is 0 Å². The van der Waals surface area contributed by atoms with Crippen molar-refractivity contribution >= 4 is 35.1 Å². The molecule has 2 aromatic carbocycles. The zero-order valence-electron chi connectivity index (χ0n) is 20.8. The fourth-order valence-corrected chi connectivity index (χ4v) is 5.24. The molecule has 1 unspecified atom stereocenters. The number of carbonyl (C=O) groups excluding carboxylic acids is 2. The molecule has 2 aromatic rings. The van der Waals surface area contributed by atoms with Crippen molar-refractivity contribution in [2.45, 2.75) is 77.5 Å². The summed E-state index contributed by atoms with van der Waals surface area (Å²) < 4.78 is 5.74. The number of benzene rings is 2. The molecule has 4 atom stereocenters. The summed E-state index contributed by atoms with van der Waals surface area (Å²) in [5, 5.41) is 10.8. The van der Waals surface area contributed by atoms with E-state index < -0.39 is 29.1 Å². The molecule has 0 bridgehead atoms. The summed E-state index contributed by atoms with van der Waals surface area (Å²) in [6, 6.07) is 15.8. The maximum Gasteiger partial charge on any atom is 0.329 e. The van der Waals surface area contributed by atoms with Crippen molar-refractivity contribution in [3.05, 3.63) is 69.7 Å². The standard InChI is InChI=1S/C28H32Cl2N2O3/c1-6-23(25(33)35-27(2,3)4)32-24(18-10-12-20(29)13-11-18)22(19-8-7-9-21(30)16-19)17-28(5,14-15-31)26(32)34/h7-13,16,22-24H,6,14,17H2,1-5H3/t22-,23+,24?,28+/m1/s1. The van der Waals surface area contributed by atoms with Crippen molar-refractivity contribution < 1.29 is 14.3 Å². The average molecular weight is 515 g/mol. The van der Waals surface area contributed by atoms with Crippen LogP contribution in [0.1, 0.15) is 77.0 Å². The average Bonchev–Trinajstić information content (AvgIpc) is 2.77. The Morgan fingerprint density at radius 2 is 1.83 bits per heavy atom. The summed E-state index contributed by atoms with van der Waals surface area (Å²) in [5.74, 6) is -0.893. The molecule has 5 nitrogen and oxygen atoms in total. The van der Waals surface area contributed by atoms with E-state index in [1.807, 2.05) is 44.2 Å². The largest absolute Gasteiger partial charge is 0.458 e. The van der Waals surface area contributed by atoms with Crippen LogP contribution < -0.4 is 0 Å². The van der Waals surface area contributed by atoms with E-state index in [4.69, 9.17) is 27.9 Å². The molecule has 1 aliphatic heterocycles. The number of hydrogen-bond acceptors (Lipinski definition) is 4. The summed E-state index contributed by atoms with van der Waals surface area (Å²) in [4.78, 5) is 29.2. The summed E-state index contributed by atoms with van der Waals surface area (Å²) in [5.41, 5.74) is 0.119. The van der Waals surface area contributed by atoms with Gasteiger partial charge >= 0.3 is 5.97 Å². The fraction of sp³-hybridized carbons (Fsp3) is 0.464. The summed E-state index contributed by atoms with van der Waals surface area (Å²) in [6.07, 6.45) is 0.849. The lowest BCUT2D eigenvalue weighted by molar-refractivity contribution is -0.173. The molecule has 1 fully saturated rings. The van der Waals surface area contributed by atoms with Gasteiger partial charge in [0.2, 0.25) is 5.91 Å². The number of hydrogen-bond donors (Lipinski definition) is 0. The van der Waals surface area contributed by atoms with Crippen molar-refractivity contribution in [2.75, 3.05) is 0 Å². The second-order valence-electron chi connectivity index (χ2n) is 10.4. The van der Waals surface area contributed by atoms with Crippen LogP contribution >= 0.6 is 23.2 Å². The zero-order valence-corrected chi connectivity index (χ0v) is 22.4. The molecule has 3 rings (SSSR count). The third-order valence-corrected chi connectivity index (χ3v) is 6.95. The van der Waals surface area contributed by atoms with Crippen LogP contribution in [0.3, 0.4) is 0 Å². The Morgan fingerprint density at radius 1 is 1.17 bits per heavy atom. The first-order valence-electron chi connectivity index (χ1n) is 11.8. The zero-order chi connectivity index (χ0) is 26.0. The van der Waals surface area contributed by atoms with E-state index in [1.165, 1.54) is 0 Å². The first-order valence-corrected chi connectivity index (χ1v) is 12.6. The first-order chi connectivity index (χ1) is 16.4. The SMILES string of the molecule is CC[C@@H](C(=O)OC(C)(C)C)N1C(=O)[C@@](C)(CC#N)C[C@H](c2cccc(Cl)c2)C1c1ccc(Cl)cc1. The van der Waals surface area contributed by atoms with Crippen LogP contribution in [-0.4, -0.2) is 28.4 Å². The molecule has 1 amide bonds. The van der Waals surface area contributed by atoms with E-state index in [2.05, 4.69) is 6.07 Å². The molecule has 1 heterocycles. The number of nitriles is 1. The highest BCUT2D eigenvalue weighted by Gasteiger charge is 2.53. The number of amides is 1. The summed E-state index contributed by atoms with van der Waals surface area (Å²) >= 11 is 12.5. The summed E-state index contributed by atoms with van der Waals surface area (Å²) in [6.45, 7) is 9.09. The van der Waals surface area contributed by atoms with E-state index in [-0.39, 0.29) is 18.2 Å². The number of likely N-dealkylation sites (tertiary alicyclic amines) is 1. The minimum absolute atomic E-state index is 0.0392. The molecular weight excluding hydrogens is 483 g/mol. The minimum atomic E-state index is -0.972. The van der Waals surface area contributed by atoms with Crippen molar-refractivity contribution in [2.24, 2.45) is 5.41 Å². The Labute approximate surface area is 218 Å². The number of rotatable bonds is 6. The van der Waals surface area contributed by atoms with E-state index in [9.17, 15) is 14.9 Å². The van der Waals surface area contributed by atoms with Crippen LogP contribution in [-0.2, 0) is 14.3 Å². The van der Waals surface area contributed by atoms with Gasteiger partial charge in [-0.25, -0.2) is 4.79 Å². The maximum absolute atomic E-state index is 14.1. The summed E-state index contributed by atoms with van der Waals surface area (Å²) in [7, 11) is 0. The van der Waals surface area contributed by atoms with Gasteiger partial charge in [-0.05, 0) is 75.9 Å². The highest BCUT2D eigenvalue weighted by molar-refractivity contribution is 6.30. The Bertz CT molecular complexity index is 1120. The van der Waals surface area contributed by atoms with Gasteiger partial charge in [0.25, 0.3) is 0 Å². The van der Waals surface area contributed by atoms with Gasteiger partial charge < -0.3 is 9.64 Å². The van der Waals surface area contributed by atoms with Gasteiger partial charge in [-0.15, -0.1) is 0 Å². The number of piperidine rings is 1. The van der Waals surface area contributed by atoms with E-state index in [1.54, 1.807) is 43.9 Å². The Hall–Kier alpha value is -2.55. The van der Waals surface area contributed by atoms with Crippen LogP contribution in [0, 0.1) is 16.7 Å². The smallest absolute Gasteiger partial charge is 0.329 e. The maximum atomic E-state index is 14.1. The molecule has 0 aromatic heterocycles. The number of halogens is 2. The molecule has 0 radical (unpaired) electrons. The third-order valence-electron chi connectivity index (χ3n) is 6.46. The molecule has 1 aliphatic rings. The van der Waals surface area contributed by atoms with Crippen LogP contribution in [0.15, 0.2) is 48.5 Å². The lowest BCUT2D eigenvalue weighted by Crippen LogP contribution is -2.58. The van der Waals surface area contributed by atoms with Crippen LogP contribution in [0.2, 0.25) is 10.0 Å². The lowest BCUT2D eigenvalue weighted by atomic mass is 9.67. The molecule has 0 N–H and O–H groups in total. The van der Waals surface area contributed by atoms with Gasteiger partial charge in [0.05, 0.1) is 17.5 Å². The van der Waals surface area contributed by atoms with Crippen molar-refractivity contribution in [3.8, 4) is 6.07 Å². The second kappa shape index (κ2) is 10.6. The molecular formula is C28H32Cl2N2O3. The predicted molar refractivity (Wildman–Crippen MR) is 138 cm³/mol. The number of nitrogens with zero attached hydrogens (tertiary/aromatic N) is 2. The minimum Gasteiger partial charge on any atom is -0.458 e. The quantitative estimate of drug-likeness (QED) is 0.385. The number of carbonyl (C=O) groups is 2. The molecule has 0 saturated carbocycles. The van der Waals surface area contributed by atoms with Gasteiger partial charge in [0, 0.05) is 22.4 Å². The van der Waals surface area contributed by atoms with Crippen molar-refractivity contribution in [1.82, 2.24) is 4.90 Å². The Kier molecular flexibility index (Phi) is 8.19. The molecule has 0 aliphatic carbocycles. The molecule has 1 saturated heterocycles. The number of esters is 1. The molecule has 7 heteroatoms. The second-order valence-corrected chi connectivity index (χ2v) is 11.3. The molecule has 0 spiro atoms. The highest BCUT2D eigenvalue weighted by atomic mass is 35.5. The predicted octanol–water partition coefficient (Wildman–Crippen LogP) is 7.09. The Balaban J connectivity index is 2.24. The van der Waals surface area contributed by atoms with Gasteiger partial charge in [0.1, 0.15) is 11.6 Å². The number of ether oxygens (including phenoxy) is 1. The van der Waals surface area contributed by atoms with Gasteiger partial charge in [-0.3, -0.25) is 4.79 Å². The fourth-order valence-electron chi connectivity index (χ4n) is 4.91. The van der Waals surface area contributed by atoms with Gasteiger partial charge in [-0.2, -0.15) is 5.26 Å². The van der Waals surface area contributed by atoms with Crippen LogP contribution in [0.25, 0.3) is 0 Å². The highest BCUT2D eigenvalue weighted by Crippen LogP contribution is 2.52. The lowest BCUT2D eigenvalue weighted by Gasteiger charge is -2.51. The van der Waals surface area contributed by atoms with Crippen molar-refractivity contribution in [1.29, 1.82) is 5.26 Å². The van der Waals surface area contributed by atoms with E-state index in [0.29, 0.717) is 22.9 Å². The topological polar surface area (TPSA) is 70.4 Å². The van der Waals surface area contributed by atoms with Crippen molar-refractivity contribution in [3.63, 3.8) is 0 Å². The van der Waals surface area contributed by atoms with E-state index >= 15 is 0 Å². The molecule has 35 heavy (non-hydrogen) atoms. The van der Waals surface area contributed by atoms with Crippen LogP contribution in [0.4, 0.5) is 0 Å². The van der Waals surface area contributed by atoms with Gasteiger partial charge in [-0.1, -0.05) is 54.4 Å². The van der Waals surface area contributed by atoms with E-state index in [0.717, 1.165) is 11.1 Å². The third kappa shape index (κ3) is 6.00. The molecule has 186 valence electrons. The van der Waals surface area contributed by atoms with Gasteiger partial charge in [0.15, 0.2) is 0 Å².